The molecule has 1 heterocycles. The van der Waals surface area contributed by atoms with Gasteiger partial charge in [0.25, 0.3) is 0 Å². The van der Waals surface area contributed by atoms with Gasteiger partial charge in [0.2, 0.25) is 0 Å². The Labute approximate surface area is 73.6 Å². The van der Waals surface area contributed by atoms with Gasteiger partial charge in [-0.3, -0.25) is 4.79 Å². The molecule has 0 N–H and O–H groups in total. The van der Waals surface area contributed by atoms with E-state index in [0.717, 1.165) is 26.1 Å². The molecule has 1 aliphatic heterocycles. The van der Waals surface area contributed by atoms with E-state index >= 15 is 0 Å². The quantitative estimate of drug-likeness (QED) is 0.589. The number of ketones is 1. The number of carbonyl (C=O) groups is 1. The van der Waals surface area contributed by atoms with Gasteiger partial charge in [0.15, 0.2) is 5.78 Å². The first kappa shape index (κ1) is 9.46. The van der Waals surface area contributed by atoms with Gasteiger partial charge in [-0.05, 0) is 31.3 Å². The highest BCUT2D eigenvalue weighted by Crippen LogP contribution is 2.30. The van der Waals surface area contributed by atoms with E-state index < -0.39 is 0 Å². The van der Waals surface area contributed by atoms with Crippen molar-refractivity contribution < 1.29 is 9.53 Å². The number of hydrogen-bond donors (Lipinski definition) is 0. The first-order valence-electron chi connectivity index (χ1n) is 4.40. The van der Waals surface area contributed by atoms with Gasteiger partial charge in [-0.15, -0.1) is 0 Å². The van der Waals surface area contributed by atoms with Crippen LogP contribution in [0.3, 0.4) is 0 Å². The zero-order valence-corrected chi connectivity index (χ0v) is 7.80. The summed E-state index contributed by atoms with van der Waals surface area (Å²) in [6.45, 7) is 5.39. The summed E-state index contributed by atoms with van der Waals surface area (Å²) in [7, 11) is 0. The van der Waals surface area contributed by atoms with Crippen molar-refractivity contribution in [2.24, 2.45) is 5.41 Å². The van der Waals surface area contributed by atoms with Crippen LogP contribution in [0.25, 0.3) is 0 Å². The molecule has 0 aromatic rings. The Morgan fingerprint density at radius 2 is 2.00 bits per heavy atom. The summed E-state index contributed by atoms with van der Waals surface area (Å²) >= 11 is 0. The number of allylic oxidation sites excluding steroid dienone is 2. The lowest BCUT2D eigenvalue weighted by Gasteiger charge is -2.30. The lowest BCUT2D eigenvalue weighted by Crippen LogP contribution is -2.24. The molecule has 1 aliphatic rings. The van der Waals surface area contributed by atoms with Crippen LogP contribution in [0.5, 0.6) is 0 Å². The molecule has 0 amide bonds. The summed E-state index contributed by atoms with van der Waals surface area (Å²) in [5.41, 5.74) is 0.184. The monoisotopic (exact) mass is 168 g/mol. The van der Waals surface area contributed by atoms with Crippen LogP contribution in [0.4, 0.5) is 0 Å². The predicted molar refractivity (Wildman–Crippen MR) is 48.0 cm³/mol. The summed E-state index contributed by atoms with van der Waals surface area (Å²) in [5.74, 6) is 0.128. The molecule has 1 rings (SSSR count). The molecule has 0 unspecified atom stereocenters. The lowest BCUT2D eigenvalue weighted by molar-refractivity contribution is -0.112. The van der Waals surface area contributed by atoms with Crippen LogP contribution in [0.2, 0.25) is 0 Å². The molecule has 0 saturated carbocycles. The van der Waals surface area contributed by atoms with Crippen molar-refractivity contribution in [2.45, 2.75) is 26.7 Å². The first-order valence-corrected chi connectivity index (χ1v) is 4.40. The molecule has 0 spiro atoms. The Morgan fingerprint density at radius 3 is 2.50 bits per heavy atom. The fraction of sp³-hybridized carbons (Fsp3) is 0.700. The minimum absolute atomic E-state index is 0.128. The molecule has 0 aromatic heterocycles. The topological polar surface area (TPSA) is 26.3 Å². The van der Waals surface area contributed by atoms with Crippen molar-refractivity contribution in [1.29, 1.82) is 0 Å². The van der Waals surface area contributed by atoms with Crippen molar-refractivity contribution >= 4 is 5.78 Å². The molecule has 0 atom stereocenters. The van der Waals surface area contributed by atoms with Crippen LogP contribution in [0, 0.1) is 5.41 Å². The van der Waals surface area contributed by atoms with E-state index in [9.17, 15) is 4.79 Å². The van der Waals surface area contributed by atoms with Crippen LogP contribution < -0.4 is 0 Å². The Morgan fingerprint density at radius 1 is 1.42 bits per heavy atom. The molecule has 12 heavy (non-hydrogen) atoms. The predicted octanol–water partition coefficient (Wildman–Crippen LogP) is 1.95. The molecule has 68 valence electrons. The Balaban J connectivity index is 2.52. The highest BCUT2D eigenvalue weighted by atomic mass is 16.5. The number of carbonyl (C=O) groups excluding carboxylic acids is 1. The van der Waals surface area contributed by atoms with E-state index in [1.54, 1.807) is 13.0 Å². The maximum atomic E-state index is 10.7. The second-order valence-electron chi connectivity index (χ2n) is 3.71. The van der Waals surface area contributed by atoms with E-state index in [1.165, 1.54) is 0 Å². The highest BCUT2D eigenvalue weighted by Gasteiger charge is 2.23. The molecular formula is C10H16O2. The number of ether oxygens (including phenoxy) is 1. The van der Waals surface area contributed by atoms with Crippen molar-refractivity contribution in [3.63, 3.8) is 0 Å². The van der Waals surface area contributed by atoms with E-state index in [-0.39, 0.29) is 11.2 Å². The van der Waals surface area contributed by atoms with Gasteiger partial charge < -0.3 is 4.74 Å². The van der Waals surface area contributed by atoms with Crippen LogP contribution >= 0.6 is 0 Å². The zero-order valence-electron chi connectivity index (χ0n) is 7.80. The van der Waals surface area contributed by atoms with Crippen molar-refractivity contribution in [3.8, 4) is 0 Å². The second kappa shape index (κ2) is 3.85. The average Bonchev–Trinajstić information content (AvgIpc) is 2.03. The molecule has 1 fully saturated rings. The lowest BCUT2D eigenvalue weighted by atomic mass is 9.82. The van der Waals surface area contributed by atoms with Gasteiger partial charge in [-0.25, -0.2) is 0 Å². The fourth-order valence-corrected chi connectivity index (χ4v) is 1.32. The smallest absolute Gasteiger partial charge is 0.152 e. The summed E-state index contributed by atoms with van der Waals surface area (Å²) in [6, 6.07) is 0. The van der Waals surface area contributed by atoms with E-state index in [4.69, 9.17) is 4.74 Å². The Bertz CT molecular complexity index is 188. The van der Waals surface area contributed by atoms with Gasteiger partial charge in [0.1, 0.15) is 0 Å². The maximum absolute atomic E-state index is 10.7. The minimum atomic E-state index is 0.128. The zero-order chi connectivity index (χ0) is 9.03. The second-order valence-corrected chi connectivity index (χ2v) is 3.71. The number of rotatable bonds is 2. The number of hydrogen-bond acceptors (Lipinski definition) is 2. The average molecular weight is 168 g/mol. The summed E-state index contributed by atoms with van der Waals surface area (Å²) in [5, 5.41) is 0. The van der Waals surface area contributed by atoms with Gasteiger partial charge in [0, 0.05) is 13.2 Å². The standard InChI is InChI=1S/C10H16O2/c1-9(11)3-4-10(2)5-7-12-8-6-10/h3-4H,5-8H2,1-2H3/b4-3+. The third-order valence-electron chi connectivity index (χ3n) is 2.36. The SMILES string of the molecule is CC(=O)/C=C/C1(C)CCOCC1. The Kier molecular flexibility index (Phi) is 3.04. The Hall–Kier alpha value is -0.630. The van der Waals surface area contributed by atoms with Gasteiger partial charge in [-0.1, -0.05) is 13.0 Å². The van der Waals surface area contributed by atoms with E-state index in [0.29, 0.717) is 0 Å². The normalized spacial score (nSPS) is 22.8. The molecule has 2 heteroatoms. The molecule has 0 aromatic carbocycles. The van der Waals surface area contributed by atoms with Crippen LogP contribution in [-0.2, 0) is 9.53 Å². The van der Waals surface area contributed by atoms with Gasteiger partial charge >= 0.3 is 0 Å². The van der Waals surface area contributed by atoms with Crippen molar-refractivity contribution in [1.82, 2.24) is 0 Å². The van der Waals surface area contributed by atoms with Gasteiger partial charge in [0.05, 0.1) is 0 Å². The summed E-state index contributed by atoms with van der Waals surface area (Å²) in [4.78, 5) is 10.7. The molecule has 0 aliphatic carbocycles. The van der Waals surface area contributed by atoms with Crippen LogP contribution in [0.15, 0.2) is 12.2 Å². The maximum Gasteiger partial charge on any atom is 0.152 e. The minimum Gasteiger partial charge on any atom is -0.381 e. The van der Waals surface area contributed by atoms with E-state index in [1.807, 2.05) is 6.08 Å². The fourth-order valence-electron chi connectivity index (χ4n) is 1.32. The summed E-state index contributed by atoms with van der Waals surface area (Å²) in [6.07, 6.45) is 5.75. The molecule has 2 nitrogen and oxygen atoms in total. The largest absolute Gasteiger partial charge is 0.381 e. The van der Waals surface area contributed by atoms with Crippen molar-refractivity contribution in [2.75, 3.05) is 13.2 Å². The highest BCUT2D eigenvalue weighted by molar-refractivity contribution is 5.87. The van der Waals surface area contributed by atoms with Crippen molar-refractivity contribution in [3.05, 3.63) is 12.2 Å². The summed E-state index contributed by atoms with van der Waals surface area (Å²) < 4.78 is 5.25. The first-order chi connectivity index (χ1) is 5.62. The molecule has 1 saturated heterocycles. The third-order valence-corrected chi connectivity index (χ3v) is 2.36. The van der Waals surface area contributed by atoms with Gasteiger partial charge in [-0.2, -0.15) is 0 Å². The third kappa shape index (κ3) is 2.78. The molecular weight excluding hydrogens is 152 g/mol. The molecule has 0 radical (unpaired) electrons. The molecule has 0 bridgehead atoms. The van der Waals surface area contributed by atoms with Crippen LogP contribution in [0.1, 0.15) is 26.7 Å². The van der Waals surface area contributed by atoms with E-state index in [2.05, 4.69) is 6.92 Å². The van der Waals surface area contributed by atoms with Crippen LogP contribution in [-0.4, -0.2) is 19.0 Å².